The summed E-state index contributed by atoms with van der Waals surface area (Å²) in [6, 6.07) is 2.80. The zero-order chi connectivity index (χ0) is 49.3. The smallest absolute Gasteiger partial charge is 0.312 e. The number of esters is 1. The molecule has 9 unspecified atom stereocenters. The maximum atomic E-state index is 14.5. The summed E-state index contributed by atoms with van der Waals surface area (Å²) in [4.78, 5) is 62.4. The molecule has 66 heavy (non-hydrogen) atoms. The second kappa shape index (κ2) is 19.6. The topological polar surface area (TPSA) is 303 Å². The van der Waals surface area contributed by atoms with Gasteiger partial charge in [0.2, 0.25) is 0 Å². The molecule has 21 nitrogen and oxygen atoms in total. The Morgan fingerprint density at radius 2 is 1.62 bits per heavy atom. The average molecular weight is 920 g/mol. The van der Waals surface area contributed by atoms with Crippen LogP contribution in [0.15, 0.2) is 59.4 Å². The number of amides is 1. The number of hydrogen-bond acceptors (Lipinski definition) is 18. The van der Waals surface area contributed by atoms with E-state index in [0.717, 1.165) is 35.7 Å². The molecule has 3 aromatic carbocycles. The highest BCUT2D eigenvalue weighted by atomic mass is 16.7. The van der Waals surface area contributed by atoms with Gasteiger partial charge in [-0.25, -0.2) is 0 Å². The number of rotatable bonds is 7. The number of hydrazone groups is 1. The molecular formula is C45H53N5O16. The van der Waals surface area contributed by atoms with Gasteiger partial charge in [-0.1, -0.05) is 45.9 Å². The average Bonchev–Trinajstić information content (AvgIpc) is 3.53. The number of fused-ring (bicyclic) bond motifs is 14. The number of ketones is 1. The van der Waals surface area contributed by atoms with Crippen LogP contribution in [0, 0.1) is 50.8 Å². The fraction of sp³-hybridized carbons (Fsp3) is 0.422. The summed E-state index contributed by atoms with van der Waals surface area (Å²) in [5.41, 5.74) is -2.92. The Bertz CT molecular complexity index is 2590. The van der Waals surface area contributed by atoms with Gasteiger partial charge in [-0.15, -0.1) is 0 Å². The third-order valence-electron chi connectivity index (χ3n) is 12.1. The Morgan fingerprint density at radius 1 is 0.955 bits per heavy atom. The van der Waals surface area contributed by atoms with E-state index in [0.29, 0.717) is 0 Å². The van der Waals surface area contributed by atoms with Gasteiger partial charge in [-0.3, -0.25) is 39.6 Å². The number of phenolic OH excluding ortho intramolecular Hbond substituents is 3. The number of non-ortho nitro benzene ring substituents is 1. The molecule has 5 bridgehead atoms. The van der Waals surface area contributed by atoms with Crippen LogP contribution >= 0.6 is 0 Å². The fourth-order valence-electron chi connectivity index (χ4n) is 8.12. The quantitative estimate of drug-likeness (QED) is 0.0393. The number of aliphatic hydroxyl groups is 2. The van der Waals surface area contributed by atoms with E-state index in [1.54, 1.807) is 33.8 Å². The largest absolute Gasteiger partial charge is 0.507 e. The van der Waals surface area contributed by atoms with Gasteiger partial charge in [-0.05, 0) is 26.0 Å². The third-order valence-corrected chi connectivity index (χ3v) is 12.1. The minimum Gasteiger partial charge on any atom is -0.507 e. The summed E-state index contributed by atoms with van der Waals surface area (Å²) in [6.07, 6.45) is 3.71. The zero-order valence-electron chi connectivity index (χ0n) is 37.8. The van der Waals surface area contributed by atoms with E-state index in [1.165, 1.54) is 60.1 Å². The molecule has 354 valence electrons. The molecule has 3 aromatic rings. The lowest BCUT2D eigenvalue weighted by Gasteiger charge is -2.38. The Labute approximate surface area is 378 Å². The van der Waals surface area contributed by atoms with Crippen LogP contribution in [-0.2, 0) is 23.8 Å². The predicted molar refractivity (Wildman–Crippen MR) is 240 cm³/mol. The van der Waals surface area contributed by atoms with Crippen LogP contribution in [0.5, 0.6) is 23.0 Å². The van der Waals surface area contributed by atoms with Crippen LogP contribution in [0.1, 0.15) is 70.0 Å². The molecule has 3 aliphatic rings. The number of benzene rings is 3. The van der Waals surface area contributed by atoms with E-state index in [2.05, 4.69) is 10.4 Å². The van der Waals surface area contributed by atoms with Crippen LogP contribution < -0.4 is 15.1 Å². The number of aliphatic hydroxyl groups excluding tert-OH is 2. The molecule has 0 saturated heterocycles. The lowest BCUT2D eigenvalue weighted by atomic mass is 9.78. The van der Waals surface area contributed by atoms with Crippen molar-refractivity contribution in [2.45, 2.75) is 85.6 Å². The maximum Gasteiger partial charge on any atom is 0.312 e. The number of ether oxygens (including phenoxy) is 4. The van der Waals surface area contributed by atoms with Crippen molar-refractivity contribution < 1.29 is 68.7 Å². The number of nitro groups is 2. The van der Waals surface area contributed by atoms with Crippen LogP contribution in [-0.4, -0.2) is 104 Å². The Morgan fingerprint density at radius 3 is 2.23 bits per heavy atom. The van der Waals surface area contributed by atoms with Crippen LogP contribution in [0.4, 0.5) is 22.7 Å². The summed E-state index contributed by atoms with van der Waals surface area (Å²) in [5.74, 6) is -9.93. The van der Waals surface area contributed by atoms with E-state index in [4.69, 9.17) is 18.9 Å². The first-order valence-electron chi connectivity index (χ1n) is 20.7. The summed E-state index contributed by atoms with van der Waals surface area (Å²) < 4.78 is 23.4. The zero-order valence-corrected chi connectivity index (χ0v) is 37.8. The van der Waals surface area contributed by atoms with E-state index in [9.17, 15) is 60.1 Å². The first-order valence-corrected chi connectivity index (χ1v) is 20.7. The van der Waals surface area contributed by atoms with Gasteiger partial charge in [-0.2, -0.15) is 5.10 Å². The molecule has 6 rings (SSSR count). The first kappa shape index (κ1) is 49.9. The van der Waals surface area contributed by atoms with Gasteiger partial charge in [0, 0.05) is 74.3 Å². The Kier molecular flexibility index (Phi) is 14.8. The number of nitrogens with one attached hydrogen (secondary N) is 1. The Hall–Kier alpha value is -7.10. The summed E-state index contributed by atoms with van der Waals surface area (Å²) in [5, 5.41) is 88.7. The molecule has 0 fully saturated rings. The van der Waals surface area contributed by atoms with Crippen LogP contribution in [0.2, 0.25) is 0 Å². The molecule has 21 heteroatoms. The number of phenols is 3. The standard InChI is InChI=1S/C45H53N5O16/c1-20-12-11-13-21(2)44(58)47-35-28(19-46-48(9)29-15-14-27(49(59)60)18-30(29)50(61)62)39(55)32-33(40(35)56)38(54)25(6)42-34(32)43(57)45(8,66-42)64-17-16-31(63-10)22(3)41(65-26(7)51)24(5)37(53)23(4)36(20)52/h11-20,22-24,31,36-37,41,52-56H,1-10H3,(H,47,58). The van der Waals surface area contributed by atoms with Crippen molar-refractivity contribution in [1.82, 2.24) is 0 Å². The van der Waals surface area contributed by atoms with Gasteiger partial charge in [0.15, 0.2) is 5.75 Å². The van der Waals surface area contributed by atoms with Gasteiger partial charge in [0.05, 0.1) is 68.9 Å². The number of anilines is 2. The molecule has 0 aromatic heterocycles. The molecule has 0 radical (unpaired) electrons. The van der Waals surface area contributed by atoms with Gasteiger partial charge in [0.1, 0.15) is 29.0 Å². The number of hydrogen-bond donors (Lipinski definition) is 6. The van der Waals surface area contributed by atoms with Crippen molar-refractivity contribution in [2.24, 2.45) is 28.8 Å². The van der Waals surface area contributed by atoms with E-state index in [-0.39, 0.29) is 28.1 Å². The molecule has 6 N–H and O–H groups in total. The first-order chi connectivity index (χ1) is 30.9. The summed E-state index contributed by atoms with van der Waals surface area (Å²) in [7, 11) is 2.63. The number of Topliss-reactive ketones (excluding diaryl/α,β-unsaturated/α-hetero) is 1. The monoisotopic (exact) mass is 919 g/mol. The van der Waals surface area contributed by atoms with Crippen LogP contribution in [0.25, 0.3) is 10.8 Å². The third kappa shape index (κ3) is 9.49. The molecule has 3 heterocycles. The number of allylic oxidation sites excluding steroid dienone is 2. The summed E-state index contributed by atoms with van der Waals surface area (Å²) >= 11 is 0. The number of methoxy groups -OCH3 is 1. The van der Waals surface area contributed by atoms with Crippen molar-refractivity contribution in [1.29, 1.82) is 0 Å². The van der Waals surface area contributed by atoms with E-state index in [1.807, 2.05) is 0 Å². The maximum absolute atomic E-state index is 14.5. The van der Waals surface area contributed by atoms with Gasteiger partial charge < -0.3 is 49.8 Å². The molecule has 0 spiro atoms. The van der Waals surface area contributed by atoms with Crippen LogP contribution in [0.3, 0.4) is 0 Å². The minimum atomic E-state index is -2.19. The van der Waals surface area contributed by atoms with Crippen molar-refractivity contribution in [2.75, 3.05) is 24.5 Å². The molecule has 1 amide bonds. The number of carbonyl (C=O) groups excluding carboxylic acids is 3. The fourth-order valence-corrected chi connectivity index (χ4v) is 8.12. The SMILES string of the molecule is COC1C=COC2(C)Oc3c(C)c(O)c4c(O)c(c(C=NN(C)c5ccc([N+](=O)[O-])cc5[N+](=O)[O-])c(O)c4c3C2=O)NC(=O)C(C)=CC=CC(C)C(O)C(C)C(O)C(C)C(OC(C)=O)C1C. The van der Waals surface area contributed by atoms with Gasteiger partial charge >= 0.3 is 17.4 Å². The highest BCUT2D eigenvalue weighted by molar-refractivity contribution is 6.24. The highest BCUT2D eigenvalue weighted by Gasteiger charge is 2.50. The van der Waals surface area contributed by atoms with Gasteiger partial charge in [0.25, 0.3) is 17.4 Å². The second-order valence-corrected chi connectivity index (χ2v) is 16.6. The number of nitrogens with zero attached hydrogens (tertiary/aromatic N) is 4. The lowest BCUT2D eigenvalue weighted by molar-refractivity contribution is -0.393. The van der Waals surface area contributed by atoms with Crippen molar-refractivity contribution in [3.05, 3.63) is 91.3 Å². The second-order valence-electron chi connectivity index (χ2n) is 16.6. The van der Waals surface area contributed by atoms with Crippen molar-refractivity contribution in [3.63, 3.8) is 0 Å². The molecule has 3 aliphatic heterocycles. The van der Waals surface area contributed by atoms with E-state index >= 15 is 0 Å². The number of aromatic hydroxyl groups is 3. The molecular weight excluding hydrogens is 867 g/mol. The minimum absolute atomic E-state index is 0.0226. The molecule has 0 saturated carbocycles. The number of nitro benzene ring substituents is 2. The van der Waals surface area contributed by atoms with Crippen molar-refractivity contribution in [3.8, 4) is 23.0 Å². The molecule has 9 atom stereocenters. The normalized spacial score (nSPS) is 26.2. The number of carbonyl (C=O) groups is 3. The highest BCUT2D eigenvalue weighted by Crippen LogP contribution is 2.55. The Balaban J connectivity index is 1.75. The van der Waals surface area contributed by atoms with Crippen molar-refractivity contribution >= 4 is 57.4 Å². The van der Waals surface area contributed by atoms with E-state index < -0.39 is 132 Å². The molecule has 0 aliphatic carbocycles. The predicted octanol–water partition coefficient (Wildman–Crippen LogP) is 6.04. The lowest BCUT2D eigenvalue weighted by Crippen LogP contribution is -2.46. The summed E-state index contributed by atoms with van der Waals surface area (Å²) in [6.45, 7) is 12.0.